The number of hydrazine groups is 1. The molecule has 0 spiro atoms. The van der Waals surface area contributed by atoms with E-state index in [0.717, 1.165) is 24.8 Å². The summed E-state index contributed by atoms with van der Waals surface area (Å²) in [6.07, 6.45) is 3.25. The Morgan fingerprint density at radius 2 is 2.18 bits per heavy atom. The second-order valence-corrected chi connectivity index (χ2v) is 5.38. The van der Waals surface area contributed by atoms with Gasteiger partial charge in [-0.1, -0.05) is 32.8 Å². The van der Waals surface area contributed by atoms with Crippen LogP contribution in [0.3, 0.4) is 0 Å². The van der Waals surface area contributed by atoms with Crippen LogP contribution in [0.1, 0.15) is 44.7 Å². The van der Waals surface area contributed by atoms with Crippen molar-refractivity contribution >= 4 is 15.9 Å². The first-order valence-corrected chi connectivity index (χ1v) is 6.78. The van der Waals surface area contributed by atoms with E-state index in [-0.39, 0.29) is 11.9 Å². The van der Waals surface area contributed by atoms with Crippen molar-refractivity contribution in [3.63, 3.8) is 0 Å². The molecule has 0 saturated carbocycles. The lowest BCUT2D eigenvalue weighted by Crippen LogP contribution is -2.29. The molecule has 1 rings (SSSR count). The number of benzene rings is 1. The number of nitrogens with two attached hydrogens (primary N) is 1. The summed E-state index contributed by atoms with van der Waals surface area (Å²) in [5.74, 6) is 5.89. The maximum Gasteiger partial charge on any atom is 0.137 e. The van der Waals surface area contributed by atoms with Crippen molar-refractivity contribution in [2.24, 2.45) is 11.8 Å². The maximum absolute atomic E-state index is 13.4. The van der Waals surface area contributed by atoms with Crippen LogP contribution < -0.4 is 11.3 Å². The Morgan fingerprint density at radius 1 is 1.47 bits per heavy atom. The van der Waals surface area contributed by atoms with Gasteiger partial charge in [-0.2, -0.15) is 0 Å². The van der Waals surface area contributed by atoms with Gasteiger partial charge in [0.05, 0.1) is 4.47 Å². The zero-order valence-corrected chi connectivity index (χ0v) is 11.9. The van der Waals surface area contributed by atoms with Crippen LogP contribution in [0.5, 0.6) is 0 Å². The van der Waals surface area contributed by atoms with E-state index in [4.69, 9.17) is 5.84 Å². The highest BCUT2D eigenvalue weighted by atomic mass is 79.9. The minimum atomic E-state index is -0.245. The first-order valence-electron chi connectivity index (χ1n) is 5.99. The predicted octanol–water partition coefficient (Wildman–Crippen LogP) is 3.92. The molecule has 96 valence electrons. The Balaban J connectivity index is 2.75. The normalized spacial score (nSPS) is 14.6. The van der Waals surface area contributed by atoms with Gasteiger partial charge in [0, 0.05) is 6.04 Å². The third kappa shape index (κ3) is 4.37. The van der Waals surface area contributed by atoms with E-state index in [1.807, 2.05) is 6.07 Å². The molecule has 0 aliphatic carbocycles. The average molecular weight is 303 g/mol. The van der Waals surface area contributed by atoms with E-state index in [2.05, 4.69) is 35.2 Å². The van der Waals surface area contributed by atoms with Crippen LogP contribution >= 0.6 is 15.9 Å². The first kappa shape index (κ1) is 14.6. The number of nitrogens with one attached hydrogen (secondary N) is 1. The van der Waals surface area contributed by atoms with Gasteiger partial charge in [-0.15, -0.1) is 0 Å². The van der Waals surface area contributed by atoms with E-state index in [1.165, 1.54) is 6.07 Å². The molecule has 0 bridgehead atoms. The number of hydrogen-bond acceptors (Lipinski definition) is 2. The van der Waals surface area contributed by atoms with E-state index in [0.29, 0.717) is 10.4 Å². The molecule has 2 atom stereocenters. The molecule has 0 saturated heterocycles. The Bertz CT molecular complexity index is 357. The molecule has 0 aliphatic heterocycles. The van der Waals surface area contributed by atoms with Crippen molar-refractivity contribution in [1.82, 2.24) is 5.43 Å². The molecule has 0 fully saturated rings. The Morgan fingerprint density at radius 3 is 2.71 bits per heavy atom. The van der Waals surface area contributed by atoms with Crippen LogP contribution in [0, 0.1) is 11.7 Å². The van der Waals surface area contributed by atoms with Gasteiger partial charge in [0.25, 0.3) is 0 Å². The van der Waals surface area contributed by atoms with Crippen LogP contribution in [0.4, 0.5) is 4.39 Å². The fourth-order valence-corrected chi connectivity index (χ4v) is 2.29. The summed E-state index contributed by atoms with van der Waals surface area (Å²) < 4.78 is 13.9. The summed E-state index contributed by atoms with van der Waals surface area (Å²) >= 11 is 3.15. The van der Waals surface area contributed by atoms with Gasteiger partial charge >= 0.3 is 0 Å². The van der Waals surface area contributed by atoms with Crippen molar-refractivity contribution in [2.75, 3.05) is 0 Å². The molecule has 3 N–H and O–H groups in total. The lowest BCUT2D eigenvalue weighted by molar-refractivity contribution is 0.393. The monoisotopic (exact) mass is 302 g/mol. The summed E-state index contributed by atoms with van der Waals surface area (Å²) in [6.45, 7) is 4.36. The molecule has 0 radical (unpaired) electrons. The summed E-state index contributed by atoms with van der Waals surface area (Å²) in [7, 11) is 0. The molecule has 1 aromatic carbocycles. The molecule has 1 aromatic rings. The topological polar surface area (TPSA) is 38.0 Å². The van der Waals surface area contributed by atoms with Gasteiger partial charge < -0.3 is 0 Å². The smallest absolute Gasteiger partial charge is 0.137 e. The molecule has 4 heteroatoms. The van der Waals surface area contributed by atoms with Crippen LogP contribution in [0.15, 0.2) is 22.7 Å². The zero-order valence-electron chi connectivity index (χ0n) is 10.3. The number of halogens is 2. The highest BCUT2D eigenvalue weighted by molar-refractivity contribution is 9.10. The third-order valence-electron chi connectivity index (χ3n) is 2.97. The van der Waals surface area contributed by atoms with E-state index in [9.17, 15) is 4.39 Å². The second-order valence-electron chi connectivity index (χ2n) is 4.52. The van der Waals surface area contributed by atoms with E-state index >= 15 is 0 Å². The number of hydrogen-bond donors (Lipinski definition) is 2. The third-order valence-corrected chi connectivity index (χ3v) is 3.61. The molecule has 0 amide bonds. The second kappa shape index (κ2) is 7.09. The standard InChI is InChI=1S/C13H20BrFN2/c1-3-4-9(2)7-13(17-16)10-5-6-11(14)12(15)8-10/h5-6,8-9,13,17H,3-4,7,16H2,1-2H3. The predicted molar refractivity (Wildman–Crippen MR) is 72.9 cm³/mol. The van der Waals surface area contributed by atoms with Crippen molar-refractivity contribution in [3.05, 3.63) is 34.1 Å². The van der Waals surface area contributed by atoms with E-state index < -0.39 is 0 Å². The average Bonchev–Trinajstić information content (AvgIpc) is 2.30. The Labute approximate surface area is 111 Å². The summed E-state index contributed by atoms with van der Waals surface area (Å²) in [5, 5.41) is 0. The summed E-state index contributed by atoms with van der Waals surface area (Å²) in [4.78, 5) is 0. The lowest BCUT2D eigenvalue weighted by atomic mass is 9.93. The molecular weight excluding hydrogens is 283 g/mol. The van der Waals surface area contributed by atoms with Gasteiger partial charge in [0.15, 0.2) is 0 Å². The van der Waals surface area contributed by atoms with Gasteiger partial charge in [-0.25, -0.2) is 4.39 Å². The van der Waals surface area contributed by atoms with Crippen LogP contribution in [-0.2, 0) is 0 Å². The molecule has 17 heavy (non-hydrogen) atoms. The molecule has 2 unspecified atom stereocenters. The number of rotatable bonds is 6. The van der Waals surface area contributed by atoms with Crippen molar-refractivity contribution in [1.29, 1.82) is 0 Å². The Hall–Kier alpha value is -0.450. The molecular formula is C13H20BrFN2. The van der Waals surface area contributed by atoms with Crippen LogP contribution in [-0.4, -0.2) is 0 Å². The van der Waals surface area contributed by atoms with Crippen molar-refractivity contribution in [3.8, 4) is 0 Å². The van der Waals surface area contributed by atoms with Gasteiger partial charge in [0.2, 0.25) is 0 Å². The van der Waals surface area contributed by atoms with Gasteiger partial charge in [0.1, 0.15) is 5.82 Å². The van der Waals surface area contributed by atoms with Crippen LogP contribution in [0.25, 0.3) is 0 Å². The highest BCUT2D eigenvalue weighted by Gasteiger charge is 2.14. The molecule has 0 aliphatic rings. The van der Waals surface area contributed by atoms with Crippen molar-refractivity contribution < 1.29 is 4.39 Å². The minimum Gasteiger partial charge on any atom is -0.271 e. The maximum atomic E-state index is 13.4. The first-order chi connectivity index (χ1) is 8.08. The molecule has 2 nitrogen and oxygen atoms in total. The fraction of sp³-hybridized carbons (Fsp3) is 0.538. The molecule has 0 aromatic heterocycles. The van der Waals surface area contributed by atoms with Gasteiger partial charge in [-0.05, 0) is 46.0 Å². The Kier molecular flexibility index (Phi) is 6.09. The lowest BCUT2D eigenvalue weighted by Gasteiger charge is -2.20. The molecule has 0 heterocycles. The quantitative estimate of drug-likeness (QED) is 0.617. The highest BCUT2D eigenvalue weighted by Crippen LogP contribution is 2.26. The largest absolute Gasteiger partial charge is 0.271 e. The SMILES string of the molecule is CCCC(C)CC(NN)c1ccc(Br)c(F)c1. The zero-order chi connectivity index (χ0) is 12.8. The fourth-order valence-electron chi connectivity index (χ4n) is 2.04. The van der Waals surface area contributed by atoms with Crippen LogP contribution in [0.2, 0.25) is 0 Å². The van der Waals surface area contributed by atoms with E-state index in [1.54, 1.807) is 6.07 Å². The van der Waals surface area contributed by atoms with Crippen molar-refractivity contribution in [2.45, 2.75) is 39.2 Å². The summed E-state index contributed by atoms with van der Waals surface area (Å²) in [5.41, 5.74) is 3.67. The van der Waals surface area contributed by atoms with Gasteiger partial charge in [-0.3, -0.25) is 11.3 Å². The summed E-state index contributed by atoms with van der Waals surface area (Å²) in [6, 6.07) is 5.17. The minimum absolute atomic E-state index is 0.0131.